The van der Waals surface area contributed by atoms with Crippen LogP contribution in [0, 0.1) is 0 Å². The van der Waals surface area contributed by atoms with Gasteiger partial charge in [0.1, 0.15) is 0 Å². The summed E-state index contributed by atoms with van der Waals surface area (Å²) in [7, 11) is 0. The molecule has 0 aliphatic carbocycles. The van der Waals surface area contributed by atoms with Crippen LogP contribution in [0.5, 0.6) is 0 Å². The third kappa shape index (κ3) is 9.91. The molecule has 3 N–H and O–H groups in total. The second kappa shape index (κ2) is 8.51. The van der Waals surface area contributed by atoms with E-state index in [2.05, 4.69) is 0 Å². The van der Waals surface area contributed by atoms with Crippen LogP contribution in [0.25, 0.3) is 0 Å². The predicted molar refractivity (Wildman–Crippen MR) is 62.2 cm³/mol. The van der Waals surface area contributed by atoms with E-state index in [1.807, 2.05) is 18.2 Å². The van der Waals surface area contributed by atoms with Gasteiger partial charge in [0.05, 0.1) is 6.42 Å². The molecule has 0 aliphatic rings. The lowest BCUT2D eigenvalue weighted by Gasteiger charge is -1.92. The monoisotopic (exact) mass is 252 g/mol. The molecule has 0 atom stereocenters. The van der Waals surface area contributed by atoms with Crippen LogP contribution in [0.1, 0.15) is 5.56 Å². The predicted octanol–water partition coefficient (Wildman–Crippen LogP) is 1.03. The molecule has 1 aromatic carbocycles. The standard InChI is InChI=1S/C8H8O2.C4H4O4/c9-8(10)6-7-4-2-1-3-5-7;5-3(6)1-2-4(7)8/h1-5H,6H2,(H,9,10);1-2H,(H,5,6)(H,7,8)/b;2-1+. The maximum Gasteiger partial charge on any atom is 0.328 e. The molecule has 1 rings (SSSR count). The van der Waals surface area contributed by atoms with E-state index in [-0.39, 0.29) is 6.42 Å². The Labute approximate surface area is 103 Å². The molecule has 6 nitrogen and oxygen atoms in total. The van der Waals surface area contributed by atoms with E-state index in [1.54, 1.807) is 12.1 Å². The maximum absolute atomic E-state index is 10.2. The first kappa shape index (κ1) is 15.4. The largest absolute Gasteiger partial charge is 0.481 e. The number of hydrogen-bond donors (Lipinski definition) is 3. The lowest BCUT2D eigenvalue weighted by atomic mass is 10.2. The zero-order valence-corrected chi connectivity index (χ0v) is 9.31. The average molecular weight is 252 g/mol. The van der Waals surface area contributed by atoms with E-state index in [1.165, 1.54) is 0 Å². The lowest BCUT2D eigenvalue weighted by Crippen LogP contribution is -1.98. The number of benzene rings is 1. The van der Waals surface area contributed by atoms with E-state index >= 15 is 0 Å². The van der Waals surface area contributed by atoms with Crippen LogP contribution in [0.3, 0.4) is 0 Å². The number of hydrogen-bond acceptors (Lipinski definition) is 3. The molecule has 0 unspecified atom stereocenters. The Kier molecular flexibility index (Phi) is 7.27. The highest BCUT2D eigenvalue weighted by Gasteiger charge is 1.96. The van der Waals surface area contributed by atoms with Gasteiger partial charge >= 0.3 is 17.9 Å². The van der Waals surface area contributed by atoms with Crippen LogP contribution in [-0.4, -0.2) is 33.2 Å². The van der Waals surface area contributed by atoms with Crippen molar-refractivity contribution in [3.05, 3.63) is 48.0 Å². The van der Waals surface area contributed by atoms with Gasteiger partial charge in [-0.2, -0.15) is 0 Å². The minimum Gasteiger partial charge on any atom is -0.481 e. The molecule has 0 bridgehead atoms. The molecule has 0 aromatic heterocycles. The minimum atomic E-state index is -1.26. The normalized spacial score (nSPS) is 9.33. The van der Waals surface area contributed by atoms with Crippen molar-refractivity contribution in [2.45, 2.75) is 6.42 Å². The van der Waals surface area contributed by atoms with Gasteiger partial charge in [-0.05, 0) is 5.56 Å². The Balaban J connectivity index is 0.000000331. The summed E-state index contributed by atoms with van der Waals surface area (Å²) in [6.07, 6.45) is 1.23. The summed E-state index contributed by atoms with van der Waals surface area (Å²) >= 11 is 0. The SMILES string of the molecule is O=C(O)/C=C/C(=O)O.O=C(O)Cc1ccccc1. The first-order valence-corrected chi connectivity index (χ1v) is 4.81. The van der Waals surface area contributed by atoms with E-state index in [0.29, 0.717) is 12.2 Å². The van der Waals surface area contributed by atoms with Crippen LogP contribution in [0.15, 0.2) is 42.5 Å². The molecule has 0 saturated carbocycles. The van der Waals surface area contributed by atoms with Gasteiger partial charge in [-0.3, -0.25) is 4.79 Å². The van der Waals surface area contributed by atoms with Gasteiger partial charge in [0.15, 0.2) is 0 Å². The molecule has 1 aromatic rings. The quantitative estimate of drug-likeness (QED) is 0.690. The van der Waals surface area contributed by atoms with Gasteiger partial charge in [-0.1, -0.05) is 30.3 Å². The Morgan fingerprint density at radius 1 is 0.889 bits per heavy atom. The van der Waals surface area contributed by atoms with Crippen molar-refractivity contribution in [2.24, 2.45) is 0 Å². The number of rotatable bonds is 4. The number of aliphatic carboxylic acids is 3. The smallest absolute Gasteiger partial charge is 0.328 e. The Bertz CT molecular complexity index is 419. The van der Waals surface area contributed by atoms with Gasteiger partial charge in [0.2, 0.25) is 0 Å². The van der Waals surface area contributed by atoms with Crippen LogP contribution in [-0.2, 0) is 20.8 Å². The zero-order chi connectivity index (χ0) is 14.0. The minimum absolute atomic E-state index is 0.112. The third-order valence-electron chi connectivity index (χ3n) is 1.57. The Morgan fingerprint density at radius 3 is 1.67 bits per heavy atom. The fourth-order valence-electron chi connectivity index (χ4n) is 0.913. The molecule has 18 heavy (non-hydrogen) atoms. The molecule has 0 heterocycles. The summed E-state index contributed by atoms with van der Waals surface area (Å²) in [5, 5.41) is 24.0. The number of carbonyl (C=O) groups is 3. The van der Waals surface area contributed by atoms with E-state index in [4.69, 9.17) is 15.3 Å². The molecule has 0 aliphatic heterocycles. The van der Waals surface area contributed by atoms with Crippen LogP contribution >= 0.6 is 0 Å². The van der Waals surface area contributed by atoms with Gasteiger partial charge in [-0.15, -0.1) is 0 Å². The van der Waals surface area contributed by atoms with E-state index in [9.17, 15) is 14.4 Å². The average Bonchev–Trinajstić information content (AvgIpc) is 2.28. The Hall–Kier alpha value is -2.63. The third-order valence-corrected chi connectivity index (χ3v) is 1.57. The summed E-state index contributed by atoms with van der Waals surface area (Å²) < 4.78 is 0. The van der Waals surface area contributed by atoms with Crippen molar-refractivity contribution in [2.75, 3.05) is 0 Å². The first-order chi connectivity index (χ1) is 8.41. The van der Waals surface area contributed by atoms with Crippen LogP contribution in [0.2, 0.25) is 0 Å². The topological polar surface area (TPSA) is 112 Å². The molecule has 0 radical (unpaired) electrons. The van der Waals surface area contributed by atoms with Crippen molar-refractivity contribution < 1.29 is 29.7 Å². The second-order valence-corrected chi connectivity index (χ2v) is 3.07. The van der Waals surface area contributed by atoms with Crippen molar-refractivity contribution in [1.29, 1.82) is 0 Å². The molecule has 0 saturated heterocycles. The highest BCUT2D eigenvalue weighted by molar-refractivity contribution is 5.89. The molecular weight excluding hydrogens is 240 g/mol. The lowest BCUT2D eigenvalue weighted by molar-refractivity contribution is -0.136. The summed E-state index contributed by atoms with van der Waals surface area (Å²) in [5.41, 5.74) is 0.843. The summed E-state index contributed by atoms with van der Waals surface area (Å²) in [4.78, 5) is 29.3. The fourth-order valence-corrected chi connectivity index (χ4v) is 0.913. The van der Waals surface area contributed by atoms with Gasteiger partial charge in [0.25, 0.3) is 0 Å². The summed E-state index contributed by atoms with van der Waals surface area (Å²) in [5.74, 6) is -3.30. The van der Waals surface area contributed by atoms with Crippen molar-refractivity contribution in [3.63, 3.8) is 0 Å². The summed E-state index contributed by atoms with van der Waals surface area (Å²) in [6.45, 7) is 0. The molecule has 0 fully saturated rings. The van der Waals surface area contributed by atoms with Gasteiger partial charge < -0.3 is 15.3 Å². The maximum atomic E-state index is 10.2. The molecule has 0 amide bonds. The Morgan fingerprint density at radius 2 is 1.33 bits per heavy atom. The molecule has 96 valence electrons. The van der Waals surface area contributed by atoms with Gasteiger partial charge in [-0.25, -0.2) is 9.59 Å². The van der Waals surface area contributed by atoms with Crippen molar-refractivity contribution in [1.82, 2.24) is 0 Å². The van der Waals surface area contributed by atoms with E-state index < -0.39 is 17.9 Å². The zero-order valence-electron chi connectivity index (χ0n) is 9.31. The van der Waals surface area contributed by atoms with E-state index in [0.717, 1.165) is 5.56 Å². The first-order valence-electron chi connectivity index (χ1n) is 4.81. The second-order valence-electron chi connectivity index (χ2n) is 3.07. The van der Waals surface area contributed by atoms with Crippen LogP contribution in [0.4, 0.5) is 0 Å². The van der Waals surface area contributed by atoms with Crippen LogP contribution < -0.4 is 0 Å². The highest BCUT2D eigenvalue weighted by Crippen LogP contribution is 1.98. The van der Waals surface area contributed by atoms with Crippen molar-refractivity contribution in [3.8, 4) is 0 Å². The van der Waals surface area contributed by atoms with Gasteiger partial charge in [0, 0.05) is 12.2 Å². The highest BCUT2D eigenvalue weighted by atomic mass is 16.4. The summed E-state index contributed by atoms with van der Waals surface area (Å²) in [6, 6.07) is 9.13. The molecule has 6 heteroatoms. The number of carboxylic acids is 3. The fraction of sp³-hybridized carbons (Fsp3) is 0.0833. The molecule has 0 spiro atoms. The number of carboxylic acid groups (broad SMARTS) is 3. The van der Waals surface area contributed by atoms with Crippen molar-refractivity contribution >= 4 is 17.9 Å². The molecular formula is C12H12O6.